The lowest BCUT2D eigenvalue weighted by atomic mass is 10.1. The number of aromatic nitrogens is 2. The second-order valence-corrected chi connectivity index (χ2v) is 4.57. The zero-order valence-electron chi connectivity index (χ0n) is 8.58. The Morgan fingerprint density at radius 1 is 1.43 bits per heavy atom. The quantitative estimate of drug-likeness (QED) is 0.675. The number of carbonyl (C=O) groups is 1. The average Bonchev–Trinajstić information content (AvgIpc) is 2.88. The van der Waals surface area contributed by atoms with Crippen molar-refractivity contribution in [3.8, 4) is 0 Å². The third-order valence-corrected chi connectivity index (χ3v) is 3.35. The predicted molar refractivity (Wildman–Crippen MR) is 52.4 cm³/mol. The van der Waals surface area contributed by atoms with Crippen molar-refractivity contribution < 1.29 is 4.79 Å². The van der Waals surface area contributed by atoms with Gasteiger partial charge < -0.3 is 0 Å². The summed E-state index contributed by atoms with van der Waals surface area (Å²) in [5.41, 5.74) is 3.20. The Labute approximate surface area is 83.1 Å². The van der Waals surface area contributed by atoms with E-state index < -0.39 is 0 Å². The van der Waals surface area contributed by atoms with Gasteiger partial charge >= 0.3 is 0 Å². The van der Waals surface area contributed by atoms with Crippen molar-refractivity contribution in [3.05, 3.63) is 17.0 Å². The maximum Gasteiger partial charge on any atom is 0.169 e. The van der Waals surface area contributed by atoms with E-state index in [0.717, 1.165) is 23.4 Å². The summed E-state index contributed by atoms with van der Waals surface area (Å²) in [6.45, 7) is 2.01. The van der Waals surface area contributed by atoms with E-state index in [1.165, 1.54) is 12.8 Å². The van der Waals surface area contributed by atoms with Gasteiger partial charge in [0, 0.05) is 24.6 Å². The molecule has 0 bridgehead atoms. The van der Waals surface area contributed by atoms with Crippen LogP contribution in [0.25, 0.3) is 0 Å². The van der Waals surface area contributed by atoms with Gasteiger partial charge in [-0.2, -0.15) is 5.10 Å². The molecule has 1 heterocycles. The topological polar surface area (TPSA) is 34.9 Å². The molecular formula is C11H14N2O. The van der Waals surface area contributed by atoms with E-state index in [1.807, 2.05) is 18.7 Å². The van der Waals surface area contributed by atoms with E-state index in [0.29, 0.717) is 11.7 Å². The van der Waals surface area contributed by atoms with Crippen molar-refractivity contribution in [3.63, 3.8) is 0 Å². The molecule has 74 valence electrons. The first kappa shape index (κ1) is 8.21. The molecule has 1 aromatic rings. The van der Waals surface area contributed by atoms with Gasteiger partial charge in [-0.1, -0.05) is 6.92 Å². The van der Waals surface area contributed by atoms with Crippen LogP contribution in [-0.2, 0) is 13.5 Å². The number of rotatable bonds is 1. The highest BCUT2D eigenvalue weighted by Gasteiger charge is 2.39. The molecule has 1 atom stereocenters. The van der Waals surface area contributed by atoms with Crippen LogP contribution >= 0.6 is 0 Å². The Morgan fingerprint density at radius 2 is 2.14 bits per heavy atom. The fourth-order valence-electron chi connectivity index (χ4n) is 2.36. The standard InChI is InChI=1S/C11H14N2O/c1-6-5-8-9(11(6)14)10(7-3-4-7)12-13(8)2/h6-7H,3-5H2,1-2H3. The van der Waals surface area contributed by atoms with Gasteiger partial charge in [-0.15, -0.1) is 0 Å². The first-order valence-corrected chi connectivity index (χ1v) is 5.28. The van der Waals surface area contributed by atoms with Crippen molar-refractivity contribution in [2.24, 2.45) is 13.0 Å². The van der Waals surface area contributed by atoms with Gasteiger partial charge in [0.15, 0.2) is 5.78 Å². The highest BCUT2D eigenvalue weighted by atomic mass is 16.1. The molecule has 0 spiro atoms. The molecule has 3 rings (SSSR count). The zero-order valence-corrected chi connectivity index (χ0v) is 8.58. The molecule has 2 aliphatic rings. The number of ketones is 1. The third-order valence-electron chi connectivity index (χ3n) is 3.35. The molecule has 3 nitrogen and oxygen atoms in total. The molecular weight excluding hydrogens is 176 g/mol. The minimum absolute atomic E-state index is 0.173. The van der Waals surface area contributed by atoms with E-state index in [1.54, 1.807) is 0 Å². The Hall–Kier alpha value is -1.12. The summed E-state index contributed by atoms with van der Waals surface area (Å²) in [5, 5.41) is 4.47. The average molecular weight is 190 g/mol. The van der Waals surface area contributed by atoms with Crippen molar-refractivity contribution >= 4 is 5.78 Å². The summed E-state index contributed by atoms with van der Waals surface area (Å²) >= 11 is 0. The molecule has 1 fully saturated rings. The van der Waals surface area contributed by atoms with Gasteiger partial charge in [0.25, 0.3) is 0 Å². The van der Waals surface area contributed by atoms with Crippen LogP contribution in [0.15, 0.2) is 0 Å². The van der Waals surface area contributed by atoms with Crippen LogP contribution in [-0.4, -0.2) is 15.6 Å². The summed E-state index contributed by atoms with van der Waals surface area (Å²) in [4.78, 5) is 11.9. The van der Waals surface area contributed by atoms with E-state index in [-0.39, 0.29) is 5.92 Å². The summed E-state index contributed by atoms with van der Waals surface area (Å²) in [6, 6.07) is 0. The second kappa shape index (κ2) is 2.47. The molecule has 1 unspecified atom stereocenters. The van der Waals surface area contributed by atoms with E-state index in [4.69, 9.17) is 0 Å². The van der Waals surface area contributed by atoms with Gasteiger partial charge in [0.05, 0.1) is 11.3 Å². The molecule has 14 heavy (non-hydrogen) atoms. The van der Waals surface area contributed by atoms with Crippen molar-refractivity contribution in [2.45, 2.75) is 32.1 Å². The Morgan fingerprint density at radius 3 is 2.79 bits per heavy atom. The molecule has 1 saturated carbocycles. The van der Waals surface area contributed by atoms with E-state index in [2.05, 4.69) is 5.10 Å². The van der Waals surface area contributed by atoms with Crippen LogP contribution in [0.4, 0.5) is 0 Å². The lowest BCUT2D eigenvalue weighted by Gasteiger charge is -2.00. The molecule has 0 saturated heterocycles. The normalized spacial score (nSPS) is 25.6. The maximum absolute atomic E-state index is 11.9. The molecule has 0 aliphatic heterocycles. The van der Waals surface area contributed by atoms with Crippen molar-refractivity contribution in [1.82, 2.24) is 9.78 Å². The summed E-state index contributed by atoms with van der Waals surface area (Å²) in [6.07, 6.45) is 3.31. The largest absolute Gasteiger partial charge is 0.294 e. The molecule has 0 aromatic carbocycles. The number of Topliss-reactive ketones (excluding diaryl/α,β-unsaturated/α-hetero) is 1. The van der Waals surface area contributed by atoms with Crippen LogP contribution in [0.1, 0.15) is 47.4 Å². The van der Waals surface area contributed by atoms with Gasteiger partial charge in [-0.05, 0) is 19.3 Å². The monoisotopic (exact) mass is 190 g/mol. The minimum atomic E-state index is 0.173. The summed E-state index contributed by atoms with van der Waals surface area (Å²) in [7, 11) is 1.95. The van der Waals surface area contributed by atoms with Crippen molar-refractivity contribution in [1.29, 1.82) is 0 Å². The zero-order chi connectivity index (χ0) is 9.87. The van der Waals surface area contributed by atoms with Gasteiger partial charge in [0.1, 0.15) is 0 Å². The van der Waals surface area contributed by atoms with Crippen molar-refractivity contribution in [2.75, 3.05) is 0 Å². The Balaban J connectivity index is 2.17. The van der Waals surface area contributed by atoms with Crippen LogP contribution in [0.3, 0.4) is 0 Å². The summed E-state index contributed by atoms with van der Waals surface area (Å²) in [5.74, 6) is 1.07. The van der Waals surface area contributed by atoms with Gasteiger partial charge in [-0.25, -0.2) is 0 Å². The van der Waals surface area contributed by atoms with E-state index >= 15 is 0 Å². The number of hydrogen-bond acceptors (Lipinski definition) is 2. The number of carbonyl (C=O) groups excluding carboxylic acids is 1. The molecule has 0 radical (unpaired) electrons. The maximum atomic E-state index is 11.9. The van der Waals surface area contributed by atoms with Crippen LogP contribution in [0, 0.1) is 5.92 Å². The summed E-state index contributed by atoms with van der Waals surface area (Å²) < 4.78 is 1.91. The number of hydrogen-bond donors (Lipinski definition) is 0. The van der Waals surface area contributed by atoms with Crippen LogP contribution in [0.5, 0.6) is 0 Å². The first-order chi connectivity index (χ1) is 6.68. The minimum Gasteiger partial charge on any atom is -0.294 e. The third kappa shape index (κ3) is 0.925. The SMILES string of the molecule is CC1Cc2c(c(C3CC3)nn2C)C1=O. The predicted octanol–water partition coefficient (Wildman–Crippen LogP) is 1.67. The Bertz CT molecular complexity index is 415. The fraction of sp³-hybridized carbons (Fsp3) is 0.636. The molecule has 0 N–H and O–H groups in total. The first-order valence-electron chi connectivity index (χ1n) is 5.28. The van der Waals surface area contributed by atoms with Crippen LogP contribution in [0.2, 0.25) is 0 Å². The molecule has 1 aromatic heterocycles. The molecule has 3 heteroatoms. The number of nitrogens with zero attached hydrogens (tertiary/aromatic N) is 2. The lowest BCUT2D eigenvalue weighted by Crippen LogP contribution is -2.07. The van der Waals surface area contributed by atoms with E-state index in [9.17, 15) is 4.79 Å². The molecule has 2 aliphatic carbocycles. The number of fused-ring (bicyclic) bond motifs is 1. The van der Waals surface area contributed by atoms with Gasteiger partial charge in [0.2, 0.25) is 0 Å². The highest BCUT2D eigenvalue weighted by molar-refractivity contribution is 6.02. The van der Waals surface area contributed by atoms with Gasteiger partial charge in [-0.3, -0.25) is 9.48 Å². The molecule has 0 amide bonds. The fourth-order valence-corrected chi connectivity index (χ4v) is 2.36. The lowest BCUT2D eigenvalue weighted by molar-refractivity contribution is 0.0945. The van der Waals surface area contributed by atoms with Crippen LogP contribution < -0.4 is 0 Å². The Kier molecular flexibility index (Phi) is 1.45. The smallest absolute Gasteiger partial charge is 0.169 e. The number of aryl methyl sites for hydroxylation is 1. The highest BCUT2D eigenvalue weighted by Crippen LogP contribution is 2.44. The second-order valence-electron chi connectivity index (χ2n) is 4.57.